The fourth-order valence-electron chi connectivity index (χ4n) is 2.12. The average Bonchev–Trinajstić information content (AvgIpc) is 3.10. The second-order valence-electron chi connectivity index (χ2n) is 4.76. The van der Waals surface area contributed by atoms with Crippen LogP contribution in [0.1, 0.15) is 10.4 Å². The van der Waals surface area contributed by atoms with Gasteiger partial charge in [0.2, 0.25) is 0 Å². The lowest BCUT2D eigenvalue weighted by molar-refractivity contribution is 0.102. The SMILES string of the molecule is COc1ccc(NC(=O)c2cccc(-c3cscn3)c2)cc1Cl. The highest BCUT2D eigenvalue weighted by Crippen LogP contribution is 2.27. The molecule has 0 aliphatic rings. The summed E-state index contributed by atoms with van der Waals surface area (Å²) in [4.78, 5) is 16.7. The first-order valence-electron chi connectivity index (χ1n) is 6.81. The van der Waals surface area contributed by atoms with Gasteiger partial charge in [0.15, 0.2) is 0 Å². The van der Waals surface area contributed by atoms with Gasteiger partial charge in [-0.2, -0.15) is 0 Å². The molecule has 0 fully saturated rings. The molecule has 1 N–H and O–H groups in total. The van der Waals surface area contributed by atoms with Crippen molar-refractivity contribution in [2.24, 2.45) is 0 Å². The van der Waals surface area contributed by atoms with Crippen LogP contribution in [-0.2, 0) is 0 Å². The molecule has 0 aliphatic heterocycles. The molecule has 3 aromatic rings. The second kappa shape index (κ2) is 6.81. The fourth-order valence-corrected chi connectivity index (χ4v) is 2.94. The molecule has 0 saturated carbocycles. The van der Waals surface area contributed by atoms with Crippen LogP contribution in [0.4, 0.5) is 5.69 Å². The smallest absolute Gasteiger partial charge is 0.255 e. The number of nitrogens with zero attached hydrogens (tertiary/aromatic N) is 1. The van der Waals surface area contributed by atoms with Gasteiger partial charge in [0, 0.05) is 22.2 Å². The van der Waals surface area contributed by atoms with Crippen LogP contribution in [0, 0.1) is 0 Å². The number of carbonyl (C=O) groups is 1. The van der Waals surface area contributed by atoms with Gasteiger partial charge in [-0.15, -0.1) is 11.3 Å². The van der Waals surface area contributed by atoms with E-state index in [2.05, 4.69) is 10.3 Å². The number of hydrogen-bond acceptors (Lipinski definition) is 4. The van der Waals surface area contributed by atoms with Gasteiger partial charge in [0.05, 0.1) is 23.3 Å². The molecule has 6 heteroatoms. The summed E-state index contributed by atoms with van der Waals surface area (Å²) in [5.74, 6) is 0.360. The molecule has 4 nitrogen and oxygen atoms in total. The Kier molecular flexibility index (Phi) is 4.60. The van der Waals surface area contributed by atoms with Crippen LogP contribution in [0.25, 0.3) is 11.3 Å². The van der Waals surface area contributed by atoms with Crippen molar-refractivity contribution in [2.75, 3.05) is 12.4 Å². The fraction of sp³-hybridized carbons (Fsp3) is 0.0588. The van der Waals surface area contributed by atoms with Crippen LogP contribution in [0.2, 0.25) is 5.02 Å². The Morgan fingerprint density at radius 1 is 1.26 bits per heavy atom. The van der Waals surface area contributed by atoms with Crippen molar-refractivity contribution >= 4 is 34.5 Å². The van der Waals surface area contributed by atoms with Crippen LogP contribution in [0.5, 0.6) is 5.75 Å². The minimum Gasteiger partial charge on any atom is -0.495 e. The van der Waals surface area contributed by atoms with Gasteiger partial charge >= 0.3 is 0 Å². The Morgan fingerprint density at radius 2 is 2.13 bits per heavy atom. The maximum Gasteiger partial charge on any atom is 0.255 e. The molecule has 116 valence electrons. The predicted octanol–water partition coefficient (Wildman–Crippen LogP) is 4.72. The molecule has 0 unspecified atom stereocenters. The summed E-state index contributed by atoms with van der Waals surface area (Å²) in [6.07, 6.45) is 0. The third-order valence-electron chi connectivity index (χ3n) is 3.26. The van der Waals surface area contributed by atoms with Crippen LogP contribution in [-0.4, -0.2) is 18.0 Å². The zero-order valence-corrected chi connectivity index (χ0v) is 13.8. The van der Waals surface area contributed by atoms with E-state index in [9.17, 15) is 4.79 Å². The maximum atomic E-state index is 12.4. The van der Waals surface area contributed by atoms with Crippen molar-refractivity contribution in [1.82, 2.24) is 4.98 Å². The predicted molar refractivity (Wildman–Crippen MR) is 93.5 cm³/mol. The van der Waals surface area contributed by atoms with E-state index in [-0.39, 0.29) is 5.91 Å². The van der Waals surface area contributed by atoms with Crippen molar-refractivity contribution in [3.8, 4) is 17.0 Å². The van der Waals surface area contributed by atoms with E-state index >= 15 is 0 Å². The van der Waals surface area contributed by atoms with Gasteiger partial charge in [-0.05, 0) is 30.3 Å². The number of carbonyl (C=O) groups excluding carboxylic acids is 1. The minimum absolute atomic E-state index is 0.205. The van der Waals surface area contributed by atoms with Crippen LogP contribution in [0.3, 0.4) is 0 Å². The van der Waals surface area contributed by atoms with Gasteiger partial charge in [-0.3, -0.25) is 4.79 Å². The number of anilines is 1. The molecule has 0 saturated heterocycles. The van der Waals surface area contributed by atoms with Gasteiger partial charge < -0.3 is 10.1 Å². The Balaban J connectivity index is 1.81. The largest absolute Gasteiger partial charge is 0.495 e. The summed E-state index contributed by atoms with van der Waals surface area (Å²) in [5, 5.41) is 5.22. The summed E-state index contributed by atoms with van der Waals surface area (Å²) in [6, 6.07) is 12.5. The van der Waals surface area contributed by atoms with E-state index < -0.39 is 0 Å². The van der Waals surface area contributed by atoms with Crippen LogP contribution < -0.4 is 10.1 Å². The van der Waals surface area contributed by atoms with Crippen molar-refractivity contribution in [3.63, 3.8) is 0 Å². The summed E-state index contributed by atoms with van der Waals surface area (Å²) >= 11 is 7.59. The zero-order chi connectivity index (χ0) is 16.2. The number of rotatable bonds is 4. The molecule has 0 aliphatic carbocycles. The molecule has 1 aromatic heterocycles. The summed E-state index contributed by atoms with van der Waals surface area (Å²) < 4.78 is 5.10. The molecule has 0 atom stereocenters. The Bertz CT molecular complexity index is 834. The van der Waals surface area contributed by atoms with E-state index in [1.807, 2.05) is 23.6 Å². The molecular weight excluding hydrogens is 332 g/mol. The number of methoxy groups -OCH3 is 1. The highest BCUT2D eigenvalue weighted by molar-refractivity contribution is 7.07. The lowest BCUT2D eigenvalue weighted by Crippen LogP contribution is -2.11. The number of amides is 1. The molecular formula is C17H13ClN2O2S. The molecule has 1 amide bonds. The standard InChI is InChI=1S/C17H13ClN2O2S/c1-22-16-6-5-13(8-14(16)18)20-17(21)12-4-2-3-11(7-12)15-9-23-10-19-15/h2-10H,1H3,(H,20,21). The average molecular weight is 345 g/mol. The number of ether oxygens (including phenoxy) is 1. The topological polar surface area (TPSA) is 51.2 Å². The lowest BCUT2D eigenvalue weighted by atomic mass is 10.1. The van der Waals surface area contributed by atoms with E-state index in [1.165, 1.54) is 11.3 Å². The molecule has 1 heterocycles. The molecule has 23 heavy (non-hydrogen) atoms. The monoisotopic (exact) mass is 344 g/mol. The number of benzene rings is 2. The molecule has 0 spiro atoms. The Morgan fingerprint density at radius 3 is 2.83 bits per heavy atom. The first kappa shape index (κ1) is 15.5. The maximum absolute atomic E-state index is 12.4. The van der Waals surface area contributed by atoms with Crippen LogP contribution in [0.15, 0.2) is 53.4 Å². The number of nitrogens with one attached hydrogen (secondary N) is 1. The second-order valence-corrected chi connectivity index (χ2v) is 5.88. The van der Waals surface area contributed by atoms with E-state index in [0.29, 0.717) is 22.0 Å². The normalized spacial score (nSPS) is 10.3. The summed E-state index contributed by atoms with van der Waals surface area (Å²) in [7, 11) is 1.55. The third kappa shape index (κ3) is 3.52. The summed E-state index contributed by atoms with van der Waals surface area (Å²) in [6.45, 7) is 0. The third-order valence-corrected chi connectivity index (χ3v) is 4.14. The van der Waals surface area contributed by atoms with E-state index in [4.69, 9.17) is 16.3 Å². The number of halogens is 1. The van der Waals surface area contributed by atoms with E-state index in [0.717, 1.165) is 11.3 Å². The van der Waals surface area contributed by atoms with Crippen LogP contribution >= 0.6 is 22.9 Å². The number of thiazole rings is 1. The van der Waals surface area contributed by atoms with Crippen molar-refractivity contribution in [2.45, 2.75) is 0 Å². The van der Waals surface area contributed by atoms with Gasteiger partial charge in [0.1, 0.15) is 5.75 Å². The number of aromatic nitrogens is 1. The molecule has 2 aromatic carbocycles. The first-order chi connectivity index (χ1) is 11.2. The Labute approximate surface area is 142 Å². The van der Waals surface area contributed by atoms with Gasteiger partial charge in [-0.25, -0.2) is 4.98 Å². The Hall–Kier alpha value is -2.37. The molecule has 0 bridgehead atoms. The lowest BCUT2D eigenvalue weighted by Gasteiger charge is -2.08. The first-order valence-corrected chi connectivity index (χ1v) is 8.13. The van der Waals surface area contributed by atoms with E-state index in [1.54, 1.807) is 36.9 Å². The minimum atomic E-state index is -0.205. The van der Waals surface area contributed by atoms with Crippen molar-refractivity contribution < 1.29 is 9.53 Å². The molecule has 0 radical (unpaired) electrons. The van der Waals surface area contributed by atoms with Gasteiger partial charge in [-0.1, -0.05) is 23.7 Å². The molecule has 3 rings (SSSR count). The van der Waals surface area contributed by atoms with Gasteiger partial charge in [0.25, 0.3) is 5.91 Å². The zero-order valence-electron chi connectivity index (χ0n) is 12.2. The van der Waals surface area contributed by atoms with Crippen molar-refractivity contribution in [1.29, 1.82) is 0 Å². The highest BCUT2D eigenvalue weighted by atomic mass is 35.5. The quantitative estimate of drug-likeness (QED) is 0.744. The number of hydrogen-bond donors (Lipinski definition) is 1. The summed E-state index contributed by atoms with van der Waals surface area (Å²) in [5.41, 5.74) is 4.70. The van der Waals surface area contributed by atoms with Crippen molar-refractivity contribution in [3.05, 3.63) is 63.9 Å². The highest BCUT2D eigenvalue weighted by Gasteiger charge is 2.10.